The van der Waals surface area contributed by atoms with E-state index in [-0.39, 0.29) is 24.5 Å². The molecular formula is C17H16FN3O4. The fraction of sp³-hybridized carbons (Fsp3) is 0.353. The number of benzene rings is 1. The van der Waals surface area contributed by atoms with Gasteiger partial charge in [-0.3, -0.25) is 13.9 Å². The number of para-hydroxylation sites is 1. The van der Waals surface area contributed by atoms with Crippen LogP contribution in [0.3, 0.4) is 0 Å². The third-order valence-corrected chi connectivity index (χ3v) is 4.10. The SMILES string of the molecule is N#Cc1c2n(c(=O)n(C[C@@H](O)COc3ccccc3F)c1=O)CCC2. The highest BCUT2D eigenvalue weighted by atomic mass is 19.1. The van der Waals surface area contributed by atoms with Crippen molar-refractivity contribution < 1.29 is 14.2 Å². The van der Waals surface area contributed by atoms with Crippen LogP contribution in [-0.4, -0.2) is 27.0 Å². The van der Waals surface area contributed by atoms with Gasteiger partial charge in [0.05, 0.1) is 6.54 Å². The van der Waals surface area contributed by atoms with Gasteiger partial charge in [-0.1, -0.05) is 12.1 Å². The number of aliphatic hydroxyl groups is 1. The van der Waals surface area contributed by atoms with Crippen LogP contribution in [0, 0.1) is 17.1 Å². The van der Waals surface area contributed by atoms with Crippen molar-refractivity contribution in [2.45, 2.75) is 32.0 Å². The van der Waals surface area contributed by atoms with Crippen molar-refractivity contribution in [3.8, 4) is 11.8 Å². The summed E-state index contributed by atoms with van der Waals surface area (Å²) >= 11 is 0. The Balaban J connectivity index is 1.81. The van der Waals surface area contributed by atoms with Crippen LogP contribution in [-0.2, 0) is 19.5 Å². The molecule has 0 amide bonds. The standard InChI is InChI=1S/C17H16FN3O4/c18-13-4-1-2-6-15(13)25-10-11(22)9-21-16(23)12(8-19)14-5-3-7-20(14)17(21)24/h1-2,4,6,11,22H,3,5,7,9-10H2/t11-/m1/s1. The number of nitriles is 1. The average molecular weight is 345 g/mol. The molecule has 0 radical (unpaired) electrons. The van der Waals surface area contributed by atoms with Crippen molar-refractivity contribution in [1.82, 2.24) is 9.13 Å². The molecule has 7 nitrogen and oxygen atoms in total. The number of halogens is 1. The van der Waals surface area contributed by atoms with Crippen LogP contribution >= 0.6 is 0 Å². The second kappa shape index (κ2) is 6.91. The van der Waals surface area contributed by atoms with Crippen molar-refractivity contribution in [2.75, 3.05) is 6.61 Å². The van der Waals surface area contributed by atoms with Crippen molar-refractivity contribution in [2.24, 2.45) is 0 Å². The molecule has 1 aliphatic rings. The van der Waals surface area contributed by atoms with Crippen LogP contribution in [0.4, 0.5) is 4.39 Å². The van der Waals surface area contributed by atoms with Crippen molar-refractivity contribution >= 4 is 0 Å². The lowest BCUT2D eigenvalue weighted by atomic mass is 10.2. The zero-order valence-corrected chi connectivity index (χ0v) is 13.3. The Morgan fingerprint density at radius 1 is 1.36 bits per heavy atom. The van der Waals surface area contributed by atoms with E-state index in [9.17, 15) is 24.3 Å². The van der Waals surface area contributed by atoms with Gasteiger partial charge in [0.25, 0.3) is 5.56 Å². The van der Waals surface area contributed by atoms with Crippen molar-refractivity contribution in [3.63, 3.8) is 0 Å². The van der Waals surface area contributed by atoms with E-state index in [1.807, 2.05) is 6.07 Å². The molecule has 25 heavy (non-hydrogen) atoms. The van der Waals surface area contributed by atoms with Gasteiger partial charge in [-0.05, 0) is 25.0 Å². The smallest absolute Gasteiger partial charge is 0.331 e. The Bertz CT molecular complexity index is 958. The van der Waals surface area contributed by atoms with Crippen LogP contribution in [0.5, 0.6) is 5.75 Å². The molecule has 0 unspecified atom stereocenters. The number of ether oxygens (including phenoxy) is 1. The van der Waals surface area contributed by atoms with E-state index in [1.54, 1.807) is 6.07 Å². The van der Waals surface area contributed by atoms with E-state index < -0.39 is 23.2 Å². The van der Waals surface area contributed by atoms with Gasteiger partial charge in [-0.15, -0.1) is 0 Å². The minimum Gasteiger partial charge on any atom is -0.488 e. The van der Waals surface area contributed by atoms with Gasteiger partial charge in [-0.25, -0.2) is 9.18 Å². The number of aliphatic hydroxyl groups excluding tert-OH is 1. The van der Waals surface area contributed by atoms with Gasteiger partial charge in [0.2, 0.25) is 0 Å². The largest absolute Gasteiger partial charge is 0.488 e. The summed E-state index contributed by atoms with van der Waals surface area (Å²) in [6.45, 7) is -0.192. The maximum absolute atomic E-state index is 13.5. The highest BCUT2D eigenvalue weighted by molar-refractivity contribution is 5.33. The maximum atomic E-state index is 13.5. The first-order chi connectivity index (χ1) is 12.0. The highest BCUT2D eigenvalue weighted by Crippen LogP contribution is 2.16. The molecule has 0 fully saturated rings. The molecular weight excluding hydrogens is 329 g/mol. The maximum Gasteiger partial charge on any atom is 0.331 e. The lowest BCUT2D eigenvalue weighted by Crippen LogP contribution is -2.44. The van der Waals surface area contributed by atoms with Gasteiger partial charge >= 0.3 is 5.69 Å². The average Bonchev–Trinajstić information content (AvgIpc) is 3.08. The van der Waals surface area contributed by atoms with Crippen molar-refractivity contribution in [3.05, 3.63) is 62.2 Å². The summed E-state index contributed by atoms with van der Waals surface area (Å²) < 4.78 is 20.9. The Hall–Kier alpha value is -2.92. The van der Waals surface area contributed by atoms with E-state index >= 15 is 0 Å². The predicted molar refractivity (Wildman–Crippen MR) is 85.9 cm³/mol. The fourth-order valence-corrected chi connectivity index (χ4v) is 2.92. The first-order valence-corrected chi connectivity index (χ1v) is 7.85. The molecule has 1 N–H and O–H groups in total. The van der Waals surface area contributed by atoms with E-state index in [0.717, 1.165) is 4.57 Å². The van der Waals surface area contributed by atoms with Gasteiger partial charge in [0.15, 0.2) is 11.6 Å². The minimum atomic E-state index is -1.21. The zero-order valence-electron chi connectivity index (χ0n) is 13.3. The number of rotatable bonds is 5. The number of fused-ring (bicyclic) bond motifs is 1. The Morgan fingerprint density at radius 3 is 2.84 bits per heavy atom. The van der Waals surface area contributed by atoms with E-state index in [4.69, 9.17) is 4.74 Å². The summed E-state index contributed by atoms with van der Waals surface area (Å²) in [6, 6.07) is 7.57. The van der Waals surface area contributed by atoms with E-state index in [1.165, 1.54) is 22.8 Å². The van der Waals surface area contributed by atoms with Gasteiger partial charge < -0.3 is 9.84 Å². The Labute approximate surface area is 142 Å². The molecule has 1 aromatic carbocycles. The topological polar surface area (TPSA) is 97.2 Å². The molecule has 0 bridgehead atoms. The Kier molecular flexibility index (Phi) is 4.67. The minimum absolute atomic E-state index is 0.0303. The molecule has 3 rings (SSSR count). The zero-order chi connectivity index (χ0) is 18.0. The summed E-state index contributed by atoms with van der Waals surface area (Å²) in [7, 11) is 0. The molecule has 8 heteroatoms. The number of nitrogens with zero attached hydrogens (tertiary/aromatic N) is 3. The second-order valence-electron chi connectivity index (χ2n) is 5.78. The lowest BCUT2D eigenvalue weighted by Gasteiger charge is -2.15. The Morgan fingerprint density at radius 2 is 2.12 bits per heavy atom. The highest BCUT2D eigenvalue weighted by Gasteiger charge is 2.23. The first-order valence-electron chi connectivity index (χ1n) is 7.85. The summed E-state index contributed by atoms with van der Waals surface area (Å²) in [5.74, 6) is -0.603. The first kappa shape index (κ1) is 16.9. The monoisotopic (exact) mass is 345 g/mol. The molecule has 0 saturated carbocycles. The summed E-state index contributed by atoms with van der Waals surface area (Å²) in [6.07, 6.45) is -0.0175. The number of hydrogen-bond acceptors (Lipinski definition) is 5. The van der Waals surface area contributed by atoms with E-state index in [0.29, 0.717) is 25.1 Å². The predicted octanol–water partition coefficient (Wildman–Crippen LogP) is 0.407. The third kappa shape index (κ3) is 3.19. The van der Waals surface area contributed by atoms with Crippen LogP contribution in [0.15, 0.2) is 33.9 Å². The molecule has 0 aliphatic carbocycles. The third-order valence-electron chi connectivity index (χ3n) is 4.10. The molecule has 0 saturated heterocycles. The fourth-order valence-electron chi connectivity index (χ4n) is 2.92. The van der Waals surface area contributed by atoms with Gasteiger partial charge in [0.1, 0.15) is 24.3 Å². The molecule has 2 aromatic rings. The van der Waals surface area contributed by atoms with Crippen molar-refractivity contribution in [1.29, 1.82) is 5.26 Å². The lowest BCUT2D eigenvalue weighted by molar-refractivity contribution is 0.0880. The summed E-state index contributed by atoms with van der Waals surface area (Å²) in [5, 5.41) is 19.3. The quantitative estimate of drug-likeness (QED) is 0.846. The molecule has 1 aromatic heterocycles. The van der Waals surface area contributed by atoms with Gasteiger partial charge in [-0.2, -0.15) is 5.26 Å². The molecule has 1 aliphatic heterocycles. The number of aromatic nitrogens is 2. The molecule has 1 atom stereocenters. The van der Waals surface area contributed by atoms with E-state index in [2.05, 4.69) is 0 Å². The molecule has 0 spiro atoms. The summed E-state index contributed by atoms with van der Waals surface area (Å²) in [5.41, 5.74) is -0.891. The van der Waals surface area contributed by atoms with Crippen LogP contribution in [0.25, 0.3) is 0 Å². The number of hydrogen-bond donors (Lipinski definition) is 1. The van der Waals surface area contributed by atoms with Crippen LogP contribution < -0.4 is 16.0 Å². The van der Waals surface area contributed by atoms with Crippen LogP contribution in [0.1, 0.15) is 17.7 Å². The normalized spacial score (nSPS) is 14.0. The molecule has 130 valence electrons. The second-order valence-corrected chi connectivity index (χ2v) is 5.78. The van der Waals surface area contributed by atoms with Crippen LogP contribution in [0.2, 0.25) is 0 Å². The summed E-state index contributed by atoms with van der Waals surface area (Å²) in [4.78, 5) is 24.8. The van der Waals surface area contributed by atoms with Gasteiger partial charge in [0, 0.05) is 12.2 Å². The molecule has 2 heterocycles.